The normalized spacial score (nSPS) is 17.2. The van der Waals surface area contributed by atoms with Gasteiger partial charge in [-0.1, -0.05) is 42.5 Å². The third-order valence-electron chi connectivity index (χ3n) is 5.10. The zero-order chi connectivity index (χ0) is 19.3. The van der Waals surface area contributed by atoms with Crippen molar-refractivity contribution in [3.05, 3.63) is 89.5 Å². The number of halogens is 2. The lowest BCUT2D eigenvalue weighted by molar-refractivity contribution is 0.0936. The lowest BCUT2D eigenvalue weighted by atomic mass is 9.98. The van der Waals surface area contributed by atoms with Crippen molar-refractivity contribution >= 4 is 18.3 Å². The van der Waals surface area contributed by atoms with E-state index in [0.29, 0.717) is 5.69 Å². The smallest absolute Gasteiger partial charge is 0.272 e. The summed E-state index contributed by atoms with van der Waals surface area (Å²) in [6, 6.07) is 17.5. The molecule has 1 fully saturated rings. The molecular weight excluding hydrogens is 391 g/mol. The maximum absolute atomic E-state index is 13.4. The molecule has 0 saturated carbocycles. The summed E-state index contributed by atoms with van der Waals surface area (Å²) in [5.74, 6) is -0.553. The van der Waals surface area contributed by atoms with Gasteiger partial charge in [-0.2, -0.15) is 5.10 Å². The molecule has 2 heterocycles. The molecule has 3 aromatic rings. The summed E-state index contributed by atoms with van der Waals surface area (Å²) in [4.78, 5) is 12.9. The van der Waals surface area contributed by atoms with Gasteiger partial charge in [0.05, 0.1) is 12.1 Å². The highest BCUT2D eigenvalue weighted by Crippen LogP contribution is 2.23. The van der Waals surface area contributed by atoms with E-state index in [9.17, 15) is 9.18 Å². The standard InChI is InChI=1S/C22H23FN4O.ClH/c23-18-10-8-17(9-11-18)21(16-5-2-1-3-6-16)25-22(28)20-12-14-27(26-20)19-7-4-13-24-15-19;/h1-3,5-6,8-12,14,19,21,24H,4,7,13,15H2,(H,25,28);1H. The Hall–Kier alpha value is -2.70. The van der Waals surface area contributed by atoms with Crippen molar-refractivity contribution in [3.63, 3.8) is 0 Å². The molecule has 2 N–H and O–H groups in total. The number of carbonyl (C=O) groups is 1. The topological polar surface area (TPSA) is 59.0 Å². The van der Waals surface area contributed by atoms with Gasteiger partial charge in [0.15, 0.2) is 0 Å². The summed E-state index contributed by atoms with van der Waals surface area (Å²) in [7, 11) is 0. The zero-order valence-corrected chi connectivity index (χ0v) is 16.7. The molecule has 4 rings (SSSR count). The molecular formula is C22H24ClFN4O. The summed E-state index contributed by atoms with van der Waals surface area (Å²) in [6.45, 7) is 1.90. The van der Waals surface area contributed by atoms with E-state index >= 15 is 0 Å². The van der Waals surface area contributed by atoms with E-state index < -0.39 is 0 Å². The Bertz CT molecular complexity index is 924. The van der Waals surface area contributed by atoms with Crippen LogP contribution in [0.3, 0.4) is 0 Å². The third-order valence-corrected chi connectivity index (χ3v) is 5.10. The minimum Gasteiger partial charge on any atom is -0.340 e. The Labute approximate surface area is 175 Å². The third kappa shape index (κ3) is 5.02. The van der Waals surface area contributed by atoms with Gasteiger partial charge >= 0.3 is 0 Å². The lowest BCUT2D eigenvalue weighted by Gasteiger charge is -2.23. The largest absolute Gasteiger partial charge is 0.340 e. The minimum absolute atomic E-state index is 0. The number of hydrogen-bond donors (Lipinski definition) is 2. The molecule has 2 aromatic carbocycles. The maximum Gasteiger partial charge on any atom is 0.272 e. The van der Waals surface area contributed by atoms with Gasteiger partial charge in [-0.05, 0) is 48.7 Å². The molecule has 2 atom stereocenters. The molecule has 0 aliphatic carbocycles. The Morgan fingerprint density at radius 2 is 1.83 bits per heavy atom. The van der Waals surface area contributed by atoms with E-state index in [1.807, 2.05) is 41.2 Å². The number of carbonyl (C=O) groups excluding carboxylic acids is 1. The van der Waals surface area contributed by atoms with Crippen LogP contribution in [0.15, 0.2) is 66.9 Å². The van der Waals surface area contributed by atoms with Crippen molar-refractivity contribution in [3.8, 4) is 0 Å². The fraction of sp³-hybridized carbons (Fsp3) is 0.273. The van der Waals surface area contributed by atoms with Crippen molar-refractivity contribution in [2.75, 3.05) is 13.1 Å². The van der Waals surface area contributed by atoms with Crippen molar-refractivity contribution in [1.82, 2.24) is 20.4 Å². The van der Waals surface area contributed by atoms with Gasteiger partial charge in [0.2, 0.25) is 0 Å². The summed E-state index contributed by atoms with van der Waals surface area (Å²) < 4.78 is 15.2. The molecule has 29 heavy (non-hydrogen) atoms. The van der Waals surface area contributed by atoms with Gasteiger partial charge in [-0.3, -0.25) is 9.48 Å². The Kier molecular flexibility index (Phi) is 7.01. The summed E-state index contributed by atoms with van der Waals surface area (Å²) in [6.07, 6.45) is 4.02. The van der Waals surface area contributed by atoms with Crippen LogP contribution >= 0.6 is 12.4 Å². The first-order chi connectivity index (χ1) is 13.7. The molecule has 1 aliphatic heterocycles. The highest BCUT2D eigenvalue weighted by molar-refractivity contribution is 5.92. The van der Waals surface area contributed by atoms with Gasteiger partial charge in [0.1, 0.15) is 11.5 Å². The first kappa shape index (κ1) is 21.0. The van der Waals surface area contributed by atoms with Gasteiger partial charge in [-0.15, -0.1) is 12.4 Å². The molecule has 1 saturated heterocycles. The molecule has 0 radical (unpaired) electrons. The van der Waals surface area contributed by atoms with Gasteiger partial charge < -0.3 is 10.6 Å². The van der Waals surface area contributed by atoms with Crippen LogP contribution < -0.4 is 10.6 Å². The molecule has 1 aromatic heterocycles. The number of piperidine rings is 1. The van der Waals surface area contributed by atoms with Crippen molar-refractivity contribution in [2.24, 2.45) is 0 Å². The molecule has 0 bridgehead atoms. The van der Waals surface area contributed by atoms with Gasteiger partial charge in [-0.25, -0.2) is 4.39 Å². The Morgan fingerprint density at radius 1 is 1.10 bits per heavy atom. The number of aromatic nitrogens is 2. The predicted molar refractivity (Wildman–Crippen MR) is 113 cm³/mol. The number of rotatable bonds is 5. The number of hydrogen-bond acceptors (Lipinski definition) is 3. The lowest BCUT2D eigenvalue weighted by Crippen LogP contribution is -2.32. The fourth-order valence-electron chi connectivity index (χ4n) is 3.59. The van der Waals surface area contributed by atoms with Crippen molar-refractivity contribution in [1.29, 1.82) is 0 Å². The summed E-state index contributed by atoms with van der Waals surface area (Å²) >= 11 is 0. The second-order valence-corrected chi connectivity index (χ2v) is 7.05. The molecule has 0 spiro atoms. The average Bonchev–Trinajstić information content (AvgIpc) is 3.24. The number of nitrogens with one attached hydrogen (secondary N) is 2. The molecule has 5 nitrogen and oxygen atoms in total. The zero-order valence-electron chi connectivity index (χ0n) is 15.9. The van der Waals surface area contributed by atoms with Gasteiger partial charge in [0.25, 0.3) is 5.91 Å². The molecule has 1 amide bonds. The summed E-state index contributed by atoms with van der Waals surface area (Å²) in [5.41, 5.74) is 2.13. The van der Waals surface area contributed by atoms with Crippen LogP contribution in [0.25, 0.3) is 0 Å². The Balaban J connectivity index is 0.00000240. The van der Waals surface area contributed by atoms with Crippen LogP contribution in [0.5, 0.6) is 0 Å². The summed E-state index contributed by atoms with van der Waals surface area (Å²) in [5, 5.41) is 10.9. The second-order valence-electron chi connectivity index (χ2n) is 7.05. The van der Waals surface area contributed by atoms with Crippen molar-refractivity contribution in [2.45, 2.75) is 24.9 Å². The second kappa shape index (κ2) is 9.67. The number of nitrogens with zero attached hydrogens (tertiary/aromatic N) is 2. The molecule has 1 aliphatic rings. The van der Waals surface area contributed by atoms with Crippen LogP contribution in [0.2, 0.25) is 0 Å². The monoisotopic (exact) mass is 414 g/mol. The molecule has 7 heteroatoms. The minimum atomic E-state index is -0.379. The maximum atomic E-state index is 13.4. The van der Waals surface area contributed by atoms with E-state index in [0.717, 1.165) is 37.1 Å². The quantitative estimate of drug-likeness (QED) is 0.666. The average molecular weight is 415 g/mol. The van der Waals surface area contributed by atoms with Crippen molar-refractivity contribution < 1.29 is 9.18 Å². The van der Waals surface area contributed by atoms with Crippen LogP contribution in [0, 0.1) is 5.82 Å². The van der Waals surface area contributed by atoms with E-state index in [2.05, 4.69) is 15.7 Å². The Morgan fingerprint density at radius 3 is 2.52 bits per heavy atom. The van der Waals surface area contributed by atoms with Crippen LogP contribution in [-0.2, 0) is 0 Å². The van der Waals surface area contributed by atoms with Gasteiger partial charge in [0, 0.05) is 12.7 Å². The van der Waals surface area contributed by atoms with E-state index in [1.165, 1.54) is 12.1 Å². The van der Waals surface area contributed by atoms with E-state index in [-0.39, 0.29) is 36.2 Å². The van der Waals surface area contributed by atoms with Crippen LogP contribution in [-0.4, -0.2) is 28.8 Å². The number of benzene rings is 2. The first-order valence-corrected chi connectivity index (χ1v) is 9.58. The fourth-order valence-corrected chi connectivity index (χ4v) is 3.59. The predicted octanol–water partition coefficient (Wildman–Crippen LogP) is 3.89. The van der Waals surface area contributed by atoms with E-state index in [1.54, 1.807) is 18.2 Å². The first-order valence-electron chi connectivity index (χ1n) is 9.58. The molecule has 2 unspecified atom stereocenters. The highest BCUT2D eigenvalue weighted by Gasteiger charge is 2.21. The number of amides is 1. The molecule has 152 valence electrons. The SMILES string of the molecule is Cl.O=C(NC(c1ccccc1)c1ccc(F)cc1)c1ccn(C2CCCNC2)n1. The van der Waals surface area contributed by atoms with Crippen LogP contribution in [0.4, 0.5) is 4.39 Å². The van der Waals surface area contributed by atoms with E-state index in [4.69, 9.17) is 0 Å². The van der Waals surface area contributed by atoms with Crippen LogP contribution in [0.1, 0.15) is 46.5 Å². The highest BCUT2D eigenvalue weighted by atomic mass is 35.5.